The molecule has 0 unspecified atom stereocenters. The fourth-order valence-electron chi connectivity index (χ4n) is 1.52. The van der Waals surface area contributed by atoms with E-state index in [1.807, 2.05) is 17.5 Å². The minimum atomic E-state index is -1.05. The monoisotopic (exact) mass is 246 g/mol. The van der Waals surface area contributed by atoms with Crippen molar-refractivity contribution in [3.05, 3.63) is 35.6 Å². The van der Waals surface area contributed by atoms with E-state index >= 15 is 0 Å². The van der Waals surface area contributed by atoms with Gasteiger partial charge < -0.3 is 5.11 Å². The van der Waals surface area contributed by atoms with Crippen molar-refractivity contribution in [1.82, 2.24) is 19.6 Å². The molecule has 0 aliphatic heterocycles. The van der Waals surface area contributed by atoms with Crippen molar-refractivity contribution < 1.29 is 9.90 Å². The van der Waals surface area contributed by atoms with Crippen LogP contribution in [0.25, 0.3) is 16.3 Å². The smallest absolute Gasteiger partial charge is 0.354 e. The molecule has 0 bridgehead atoms. The molecule has 0 atom stereocenters. The summed E-state index contributed by atoms with van der Waals surface area (Å²) in [5.74, 6) is -0.769. The summed E-state index contributed by atoms with van der Waals surface area (Å²) in [5, 5.41) is 14.8. The van der Waals surface area contributed by atoms with Crippen LogP contribution in [0.15, 0.2) is 29.9 Å². The number of hydrogen-bond donors (Lipinski definition) is 1. The second-order valence-corrected chi connectivity index (χ2v) is 4.23. The van der Waals surface area contributed by atoms with E-state index in [1.54, 1.807) is 0 Å². The van der Waals surface area contributed by atoms with E-state index in [-0.39, 0.29) is 11.5 Å². The Morgan fingerprint density at radius 3 is 3.06 bits per heavy atom. The average molecular weight is 246 g/mol. The van der Waals surface area contributed by atoms with Crippen molar-refractivity contribution in [3.8, 4) is 10.6 Å². The number of carboxylic acid groups (broad SMARTS) is 1. The minimum absolute atomic E-state index is 0.0518. The third-order valence-corrected chi connectivity index (χ3v) is 3.14. The maximum atomic E-state index is 11.1. The number of fused-ring (bicyclic) bond motifs is 1. The predicted molar refractivity (Wildman–Crippen MR) is 61.1 cm³/mol. The van der Waals surface area contributed by atoms with Crippen molar-refractivity contribution in [3.63, 3.8) is 0 Å². The van der Waals surface area contributed by atoms with E-state index in [0.29, 0.717) is 5.69 Å². The van der Waals surface area contributed by atoms with E-state index in [0.717, 1.165) is 4.88 Å². The summed E-state index contributed by atoms with van der Waals surface area (Å²) in [6.07, 6.45) is 1.28. The van der Waals surface area contributed by atoms with Crippen LogP contribution >= 0.6 is 11.3 Å². The first kappa shape index (κ1) is 9.91. The maximum Gasteiger partial charge on any atom is 0.354 e. The zero-order chi connectivity index (χ0) is 11.8. The van der Waals surface area contributed by atoms with Crippen LogP contribution in [-0.2, 0) is 0 Å². The van der Waals surface area contributed by atoms with Crippen LogP contribution in [0.1, 0.15) is 10.5 Å². The summed E-state index contributed by atoms with van der Waals surface area (Å²) in [4.78, 5) is 20.2. The summed E-state index contributed by atoms with van der Waals surface area (Å²) < 4.78 is 1.21. The van der Waals surface area contributed by atoms with Gasteiger partial charge in [-0.15, -0.1) is 11.3 Å². The summed E-state index contributed by atoms with van der Waals surface area (Å²) in [7, 11) is 0. The van der Waals surface area contributed by atoms with Gasteiger partial charge in [-0.1, -0.05) is 6.07 Å². The maximum absolute atomic E-state index is 11.1. The molecule has 3 heterocycles. The van der Waals surface area contributed by atoms with Gasteiger partial charge in [0, 0.05) is 0 Å². The molecule has 0 saturated heterocycles. The lowest BCUT2D eigenvalue weighted by Crippen LogP contribution is -2.08. The standard InChI is InChI=1S/C10H6N4O2S/c15-9(16)7-4-6(8-2-1-3-17-8)13-10-11-5-12-14(7)10/h1-5H,(H,15,16). The number of thiophene rings is 1. The Bertz CT molecular complexity index is 689. The fourth-order valence-corrected chi connectivity index (χ4v) is 2.20. The first-order valence-electron chi connectivity index (χ1n) is 4.73. The number of carboxylic acids is 1. The molecule has 0 aliphatic rings. The van der Waals surface area contributed by atoms with Crippen LogP contribution < -0.4 is 0 Å². The molecule has 0 spiro atoms. The van der Waals surface area contributed by atoms with Crippen molar-refractivity contribution >= 4 is 23.1 Å². The van der Waals surface area contributed by atoms with Gasteiger partial charge in [-0.05, 0) is 17.5 Å². The van der Waals surface area contributed by atoms with Crippen LogP contribution in [0.5, 0.6) is 0 Å². The lowest BCUT2D eigenvalue weighted by molar-refractivity contribution is 0.0687. The van der Waals surface area contributed by atoms with Gasteiger partial charge in [-0.2, -0.15) is 14.6 Å². The third kappa shape index (κ3) is 1.56. The molecule has 3 rings (SSSR count). The molecule has 3 aromatic heterocycles. The Kier molecular flexibility index (Phi) is 2.12. The van der Waals surface area contributed by atoms with Crippen LogP contribution in [0.2, 0.25) is 0 Å². The van der Waals surface area contributed by atoms with Crippen LogP contribution in [0, 0.1) is 0 Å². The van der Waals surface area contributed by atoms with Gasteiger partial charge in [-0.3, -0.25) is 0 Å². The fraction of sp³-hybridized carbons (Fsp3) is 0. The molecule has 3 aromatic rings. The largest absolute Gasteiger partial charge is 0.477 e. The number of nitrogens with zero attached hydrogens (tertiary/aromatic N) is 4. The zero-order valence-corrected chi connectivity index (χ0v) is 9.26. The van der Waals surface area contributed by atoms with Gasteiger partial charge in [0.1, 0.15) is 6.33 Å². The number of rotatable bonds is 2. The first-order valence-corrected chi connectivity index (χ1v) is 5.61. The van der Waals surface area contributed by atoms with Crippen LogP contribution in [-0.4, -0.2) is 30.7 Å². The normalized spacial score (nSPS) is 10.8. The zero-order valence-electron chi connectivity index (χ0n) is 8.44. The molecule has 17 heavy (non-hydrogen) atoms. The van der Waals surface area contributed by atoms with Crippen molar-refractivity contribution in [2.75, 3.05) is 0 Å². The summed E-state index contributed by atoms with van der Waals surface area (Å²) >= 11 is 1.49. The predicted octanol–water partition coefficient (Wildman–Crippen LogP) is 1.55. The van der Waals surface area contributed by atoms with E-state index in [2.05, 4.69) is 15.1 Å². The quantitative estimate of drug-likeness (QED) is 0.742. The number of aromatic carboxylic acids is 1. The third-order valence-electron chi connectivity index (χ3n) is 2.24. The molecule has 0 aromatic carbocycles. The average Bonchev–Trinajstić information content (AvgIpc) is 2.98. The highest BCUT2D eigenvalue weighted by atomic mass is 32.1. The molecule has 0 radical (unpaired) electrons. The molecular formula is C10H6N4O2S. The van der Waals surface area contributed by atoms with Crippen molar-refractivity contribution in [2.45, 2.75) is 0 Å². The Balaban J connectivity index is 2.31. The van der Waals surface area contributed by atoms with E-state index < -0.39 is 5.97 Å². The van der Waals surface area contributed by atoms with Crippen molar-refractivity contribution in [2.24, 2.45) is 0 Å². The van der Waals surface area contributed by atoms with Gasteiger partial charge >= 0.3 is 5.97 Å². The van der Waals surface area contributed by atoms with Crippen molar-refractivity contribution in [1.29, 1.82) is 0 Å². The SMILES string of the molecule is O=C(O)c1cc(-c2cccs2)nc2ncnn12. The summed E-state index contributed by atoms with van der Waals surface area (Å²) in [6, 6.07) is 5.26. The van der Waals surface area contributed by atoms with E-state index in [9.17, 15) is 4.79 Å². The Hall–Kier alpha value is -2.28. The molecule has 0 aliphatic carbocycles. The van der Waals surface area contributed by atoms with Gasteiger partial charge in [0.25, 0.3) is 5.78 Å². The second kappa shape index (κ2) is 3.63. The second-order valence-electron chi connectivity index (χ2n) is 3.28. The number of aromatic nitrogens is 4. The Labute approximate surface area is 99.2 Å². The molecule has 7 heteroatoms. The highest BCUT2D eigenvalue weighted by Crippen LogP contribution is 2.23. The number of carbonyl (C=O) groups is 1. The van der Waals surface area contributed by atoms with E-state index in [4.69, 9.17) is 5.11 Å². The highest BCUT2D eigenvalue weighted by Gasteiger charge is 2.14. The lowest BCUT2D eigenvalue weighted by atomic mass is 10.3. The molecule has 6 nitrogen and oxygen atoms in total. The highest BCUT2D eigenvalue weighted by molar-refractivity contribution is 7.13. The first-order chi connectivity index (χ1) is 8.25. The topological polar surface area (TPSA) is 80.4 Å². The van der Waals surface area contributed by atoms with Crippen LogP contribution in [0.4, 0.5) is 0 Å². The molecule has 84 valence electrons. The summed E-state index contributed by atoms with van der Waals surface area (Å²) in [5.41, 5.74) is 0.647. The van der Waals surface area contributed by atoms with Crippen LogP contribution in [0.3, 0.4) is 0 Å². The molecule has 1 N–H and O–H groups in total. The minimum Gasteiger partial charge on any atom is -0.477 e. The molecular weight excluding hydrogens is 240 g/mol. The Morgan fingerprint density at radius 1 is 1.47 bits per heavy atom. The van der Waals surface area contributed by atoms with Gasteiger partial charge in [0.2, 0.25) is 0 Å². The van der Waals surface area contributed by atoms with E-state index in [1.165, 1.54) is 28.2 Å². The van der Waals surface area contributed by atoms with Gasteiger partial charge in [0.15, 0.2) is 5.69 Å². The molecule has 0 fully saturated rings. The number of hydrogen-bond acceptors (Lipinski definition) is 5. The lowest BCUT2D eigenvalue weighted by Gasteiger charge is -2.01. The Morgan fingerprint density at radius 2 is 2.35 bits per heavy atom. The van der Waals surface area contributed by atoms with Gasteiger partial charge in [-0.25, -0.2) is 9.78 Å². The molecule has 0 amide bonds. The van der Waals surface area contributed by atoms with Gasteiger partial charge in [0.05, 0.1) is 10.6 Å². The summed E-state index contributed by atoms with van der Waals surface area (Å²) in [6.45, 7) is 0. The molecule has 0 saturated carbocycles.